The van der Waals surface area contributed by atoms with Crippen LogP contribution in [-0.4, -0.2) is 5.78 Å². The van der Waals surface area contributed by atoms with Crippen LogP contribution >= 0.6 is 0 Å². The van der Waals surface area contributed by atoms with Crippen LogP contribution in [0.5, 0.6) is 0 Å². The van der Waals surface area contributed by atoms with Gasteiger partial charge in [-0.05, 0) is 29.8 Å². The van der Waals surface area contributed by atoms with Crippen molar-refractivity contribution in [2.75, 3.05) is 0 Å². The molecular formula is C12H9FO. The molecule has 0 aliphatic carbocycles. The first-order valence-corrected chi connectivity index (χ1v) is 4.38. The molecule has 0 saturated heterocycles. The minimum Gasteiger partial charge on any atom is -0.294 e. The lowest BCUT2D eigenvalue weighted by Gasteiger charge is -2.02. The standard InChI is InChI=1S/C12H9FO/c1-8(14)11-4-2-3-9-5-6-10(13)7-12(9)11/h2-7H,1H3. The number of carbonyl (C=O) groups is 1. The number of rotatable bonds is 1. The van der Waals surface area contributed by atoms with Crippen LogP contribution in [-0.2, 0) is 0 Å². The molecule has 0 fully saturated rings. The van der Waals surface area contributed by atoms with Crippen molar-refractivity contribution in [1.29, 1.82) is 0 Å². The first kappa shape index (κ1) is 8.88. The quantitative estimate of drug-likeness (QED) is 0.628. The third-order valence-electron chi connectivity index (χ3n) is 2.22. The van der Waals surface area contributed by atoms with Crippen molar-refractivity contribution in [3.05, 3.63) is 47.8 Å². The summed E-state index contributed by atoms with van der Waals surface area (Å²) in [6.45, 7) is 1.49. The molecule has 0 aliphatic heterocycles. The molecule has 2 rings (SSSR count). The van der Waals surface area contributed by atoms with Crippen LogP contribution in [0.1, 0.15) is 17.3 Å². The van der Waals surface area contributed by atoms with Gasteiger partial charge in [-0.3, -0.25) is 4.79 Å². The van der Waals surface area contributed by atoms with E-state index in [-0.39, 0.29) is 11.6 Å². The van der Waals surface area contributed by atoms with Crippen molar-refractivity contribution in [3.8, 4) is 0 Å². The fourth-order valence-corrected chi connectivity index (χ4v) is 1.55. The molecule has 0 unspecified atom stereocenters. The molecule has 0 amide bonds. The summed E-state index contributed by atoms with van der Waals surface area (Å²) < 4.78 is 13.0. The van der Waals surface area contributed by atoms with Crippen LogP contribution in [0.2, 0.25) is 0 Å². The van der Waals surface area contributed by atoms with Gasteiger partial charge in [-0.1, -0.05) is 24.3 Å². The fraction of sp³-hybridized carbons (Fsp3) is 0.0833. The maximum Gasteiger partial charge on any atom is 0.160 e. The average molecular weight is 188 g/mol. The van der Waals surface area contributed by atoms with E-state index < -0.39 is 0 Å². The maximum atomic E-state index is 13.0. The van der Waals surface area contributed by atoms with E-state index in [9.17, 15) is 9.18 Å². The molecule has 2 aromatic carbocycles. The van der Waals surface area contributed by atoms with Gasteiger partial charge in [0.05, 0.1) is 0 Å². The Morgan fingerprint density at radius 1 is 1.21 bits per heavy atom. The molecule has 2 aromatic rings. The highest BCUT2D eigenvalue weighted by Crippen LogP contribution is 2.20. The number of carbonyl (C=O) groups excluding carboxylic acids is 1. The molecule has 0 radical (unpaired) electrons. The highest BCUT2D eigenvalue weighted by Gasteiger charge is 2.05. The maximum absolute atomic E-state index is 13.0. The Bertz CT molecular complexity index is 503. The van der Waals surface area contributed by atoms with Gasteiger partial charge in [0.25, 0.3) is 0 Å². The summed E-state index contributed by atoms with van der Waals surface area (Å²) in [5, 5.41) is 1.57. The topological polar surface area (TPSA) is 17.1 Å². The normalized spacial score (nSPS) is 10.4. The van der Waals surface area contributed by atoms with Crippen molar-refractivity contribution >= 4 is 16.6 Å². The smallest absolute Gasteiger partial charge is 0.160 e. The zero-order valence-electron chi connectivity index (χ0n) is 7.75. The summed E-state index contributed by atoms with van der Waals surface area (Å²) in [6.07, 6.45) is 0. The number of ketones is 1. The third kappa shape index (κ3) is 1.39. The van der Waals surface area contributed by atoms with Crippen LogP contribution in [0.4, 0.5) is 4.39 Å². The van der Waals surface area contributed by atoms with Crippen LogP contribution in [0.25, 0.3) is 10.8 Å². The van der Waals surface area contributed by atoms with E-state index in [0.29, 0.717) is 10.9 Å². The molecule has 2 heteroatoms. The van der Waals surface area contributed by atoms with Crippen molar-refractivity contribution in [2.45, 2.75) is 6.92 Å². The van der Waals surface area contributed by atoms with Crippen molar-refractivity contribution in [3.63, 3.8) is 0 Å². The van der Waals surface area contributed by atoms with Gasteiger partial charge in [0, 0.05) is 5.56 Å². The number of fused-ring (bicyclic) bond motifs is 1. The second kappa shape index (κ2) is 3.22. The molecule has 14 heavy (non-hydrogen) atoms. The van der Waals surface area contributed by atoms with Crippen LogP contribution in [0.15, 0.2) is 36.4 Å². The van der Waals surface area contributed by atoms with Crippen molar-refractivity contribution in [1.82, 2.24) is 0 Å². The lowest BCUT2D eigenvalue weighted by Crippen LogP contribution is -1.93. The minimum atomic E-state index is -0.314. The Morgan fingerprint density at radius 3 is 2.71 bits per heavy atom. The van der Waals surface area contributed by atoms with E-state index in [0.717, 1.165) is 5.39 Å². The number of hydrogen-bond donors (Lipinski definition) is 0. The number of hydrogen-bond acceptors (Lipinski definition) is 1. The summed E-state index contributed by atoms with van der Waals surface area (Å²) in [5.74, 6) is -0.354. The lowest BCUT2D eigenvalue weighted by molar-refractivity contribution is 0.101. The Balaban J connectivity index is 2.84. The SMILES string of the molecule is CC(=O)c1cccc2ccc(F)cc12. The number of Topliss-reactive ketones (excluding diaryl/α,β-unsaturated/α-hetero) is 1. The highest BCUT2D eigenvalue weighted by atomic mass is 19.1. The molecule has 0 spiro atoms. The Morgan fingerprint density at radius 2 is 2.00 bits per heavy atom. The van der Waals surface area contributed by atoms with Gasteiger partial charge in [0.2, 0.25) is 0 Å². The summed E-state index contributed by atoms with van der Waals surface area (Å²) in [6, 6.07) is 9.84. The molecule has 0 aliphatic rings. The predicted octanol–water partition coefficient (Wildman–Crippen LogP) is 3.18. The Labute approximate surface area is 81.2 Å². The molecule has 0 N–H and O–H groups in total. The Kier molecular flexibility index (Phi) is 2.04. The van der Waals surface area contributed by atoms with Gasteiger partial charge in [-0.15, -0.1) is 0 Å². The zero-order valence-corrected chi connectivity index (χ0v) is 7.75. The monoisotopic (exact) mass is 188 g/mol. The van der Waals surface area contributed by atoms with Gasteiger partial charge < -0.3 is 0 Å². The Hall–Kier alpha value is -1.70. The van der Waals surface area contributed by atoms with Crippen LogP contribution in [0.3, 0.4) is 0 Å². The first-order chi connectivity index (χ1) is 6.68. The molecule has 0 bridgehead atoms. The number of halogens is 1. The lowest BCUT2D eigenvalue weighted by atomic mass is 10.0. The third-order valence-corrected chi connectivity index (χ3v) is 2.22. The predicted molar refractivity (Wildman–Crippen MR) is 53.9 cm³/mol. The van der Waals surface area contributed by atoms with Crippen LogP contribution in [0, 0.1) is 5.82 Å². The van der Waals surface area contributed by atoms with E-state index in [4.69, 9.17) is 0 Å². The zero-order chi connectivity index (χ0) is 10.1. The van der Waals surface area contributed by atoms with Crippen molar-refractivity contribution in [2.24, 2.45) is 0 Å². The van der Waals surface area contributed by atoms with E-state index >= 15 is 0 Å². The summed E-state index contributed by atoms with van der Waals surface area (Å²) in [5.41, 5.74) is 0.571. The largest absolute Gasteiger partial charge is 0.294 e. The molecule has 0 heterocycles. The highest BCUT2D eigenvalue weighted by molar-refractivity contribution is 6.06. The summed E-state index contributed by atoms with van der Waals surface area (Å²) >= 11 is 0. The molecule has 0 atom stereocenters. The summed E-state index contributed by atoms with van der Waals surface area (Å²) in [4.78, 5) is 11.2. The second-order valence-electron chi connectivity index (χ2n) is 3.23. The average Bonchev–Trinajstić information content (AvgIpc) is 2.16. The molecular weight excluding hydrogens is 179 g/mol. The van der Waals surface area contributed by atoms with Gasteiger partial charge in [0.1, 0.15) is 5.82 Å². The number of benzene rings is 2. The van der Waals surface area contributed by atoms with E-state index in [1.807, 2.05) is 6.07 Å². The first-order valence-electron chi connectivity index (χ1n) is 4.38. The van der Waals surface area contributed by atoms with Gasteiger partial charge in [0.15, 0.2) is 5.78 Å². The van der Waals surface area contributed by atoms with Crippen LogP contribution < -0.4 is 0 Å². The van der Waals surface area contributed by atoms with E-state index in [1.165, 1.54) is 19.1 Å². The van der Waals surface area contributed by atoms with Gasteiger partial charge >= 0.3 is 0 Å². The molecule has 70 valence electrons. The molecule has 1 nitrogen and oxygen atoms in total. The van der Waals surface area contributed by atoms with Gasteiger partial charge in [-0.2, -0.15) is 0 Å². The molecule has 0 saturated carbocycles. The van der Waals surface area contributed by atoms with Gasteiger partial charge in [-0.25, -0.2) is 4.39 Å². The summed E-state index contributed by atoms with van der Waals surface area (Å²) in [7, 11) is 0. The van der Waals surface area contributed by atoms with E-state index in [2.05, 4.69) is 0 Å². The van der Waals surface area contributed by atoms with Crippen molar-refractivity contribution < 1.29 is 9.18 Å². The fourth-order valence-electron chi connectivity index (χ4n) is 1.55. The molecule has 0 aromatic heterocycles. The second-order valence-corrected chi connectivity index (χ2v) is 3.23. The van der Waals surface area contributed by atoms with E-state index in [1.54, 1.807) is 18.2 Å². The minimum absolute atomic E-state index is 0.0406.